The number of hydrogen-bond acceptors (Lipinski definition) is 6. The molecule has 3 rings (SSSR count). The molecule has 0 bridgehead atoms. The van der Waals surface area contributed by atoms with Crippen molar-refractivity contribution in [3.63, 3.8) is 0 Å². The summed E-state index contributed by atoms with van der Waals surface area (Å²) in [6.45, 7) is 5.99. The zero-order valence-electron chi connectivity index (χ0n) is 14.7. The first-order valence-electron chi connectivity index (χ1n) is 8.05. The lowest BCUT2D eigenvalue weighted by molar-refractivity contribution is 0.945. The lowest BCUT2D eigenvalue weighted by atomic mass is 10.1. The Morgan fingerprint density at radius 3 is 2.31 bits per heavy atom. The van der Waals surface area contributed by atoms with Crippen LogP contribution in [0.15, 0.2) is 41.2 Å². The van der Waals surface area contributed by atoms with Crippen molar-refractivity contribution < 1.29 is 0 Å². The second-order valence-corrected chi connectivity index (χ2v) is 6.05. The summed E-state index contributed by atoms with van der Waals surface area (Å²) in [5.74, 6) is 0.408. The molecule has 0 aliphatic carbocycles. The van der Waals surface area contributed by atoms with E-state index < -0.39 is 5.56 Å². The van der Waals surface area contributed by atoms with Crippen LogP contribution in [0.3, 0.4) is 0 Å². The third-order valence-corrected chi connectivity index (χ3v) is 3.89. The number of benzene rings is 2. The largest absolute Gasteiger partial charge is 0.335 e. The van der Waals surface area contributed by atoms with Gasteiger partial charge in [0.2, 0.25) is 11.8 Å². The second kappa shape index (κ2) is 7.07. The monoisotopic (exact) mass is 346 g/mol. The molecule has 0 saturated carbocycles. The summed E-state index contributed by atoms with van der Waals surface area (Å²) in [5.41, 5.74) is 4.93. The van der Waals surface area contributed by atoms with Gasteiger partial charge in [-0.3, -0.25) is 4.79 Å². The lowest BCUT2D eigenvalue weighted by Crippen LogP contribution is -2.17. The molecule has 0 atom stereocenters. The van der Waals surface area contributed by atoms with Crippen LogP contribution in [-0.2, 0) is 0 Å². The predicted molar refractivity (Wildman–Crippen MR) is 101 cm³/mol. The first kappa shape index (κ1) is 17.2. The van der Waals surface area contributed by atoms with Crippen LogP contribution in [0, 0.1) is 32.1 Å². The van der Waals surface area contributed by atoms with Gasteiger partial charge in [-0.15, -0.1) is 5.10 Å². The molecule has 1 aromatic heterocycles. The maximum atomic E-state index is 12.1. The van der Waals surface area contributed by atoms with Crippen molar-refractivity contribution in [2.75, 3.05) is 10.6 Å². The predicted octanol–water partition coefficient (Wildman–Crippen LogP) is 3.45. The van der Waals surface area contributed by atoms with Gasteiger partial charge >= 0.3 is 5.56 Å². The summed E-state index contributed by atoms with van der Waals surface area (Å²) in [6, 6.07) is 13.0. The molecule has 0 spiro atoms. The zero-order valence-corrected chi connectivity index (χ0v) is 14.7. The average Bonchev–Trinajstić information content (AvgIpc) is 2.61. The molecule has 2 aromatic carbocycles. The topological polar surface area (TPSA) is 106 Å². The molecule has 0 saturated heterocycles. The number of anilines is 4. The molecule has 1 heterocycles. The fourth-order valence-electron chi connectivity index (χ4n) is 2.73. The van der Waals surface area contributed by atoms with Crippen LogP contribution in [0.4, 0.5) is 23.1 Å². The van der Waals surface area contributed by atoms with Gasteiger partial charge in [-0.1, -0.05) is 17.7 Å². The van der Waals surface area contributed by atoms with Gasteiger partial charge in [0.05, 0.1) is 11.6 Å². The highest BCUT2D eigenvalue weighted by Crippen LogP contribution is 2.24. The molecule has 26 heavy (non-hydrogen) atoms. The number of hydrogen-bond donors (Lipinski definition) is 3. The molecular formula is C19H18N6O. The Kier molecular flexibility index (Phi) is 4.67. The van der Waals surface area contributed by atoms with Crippen LogP contribution in [0.25, 0.3) is 0 Å². The van der Waals surface area contributed by atoms with Crippen LogP contribution < -0.4 is 16.2 Å². The Balaban J connectivity index is 1.88. The van der Waals surface area contributed by atoms with Crippen molar-refractivity contribution in [3.8, 4) is 6.07 Å². The van der Waals surface area contributed by atoms with E-state index in [0.717, 1.165) is 22.4 Å². The van der Waals surface area contributed by atoms with E-state index in [1.807, 2.05) is 32.9 Å². The van der Waals surface area contributed by atoms with Gasteiger partial charge < -0.3 is 10.6 Å². The van der Waals surface area contributed by atoms with Gasteiger partial charge in [0.1, 0.15) is 0 Å². The molecule has 0 aliphatic heterocycles. The molecule has 7 nitrogen and oxygen atoms in total. The highest BCUT2D eigenvalue weighted by molar-refractivity contribution is 5.65. The fraction of sp³-hybridized carbons (Fsp3) is 0.158. The van der Waals surface area contributed by atoms with Crippen LogP contribution in [0.2, 0.25) is 0 Å². The van der Waals surface area contributed by atoms with Crippen LogP contribution in [0.5, 0.6) is 0 Å². The van der Waals surface area contributed by atoms with E-state index >= 15 is 0 Å². The number of aryl methyl sites for hydroxylation is 3. The van der Waals surface area contributed by atoms with E-state index in [-0.39, 0.29) is 11.8 Å². The maximum absolute atomic E-state index is 12.1. The van der Waals surface area contributed by atoms with Crippen molar-refractivity contribution >= 4 is 23.1 Å². The summed E-state index contributed by atoms with van der Waals surface area (Å²) in [7, 11) is 0. The highest BCUT2D eigenvalue weighted by Gasteiger charge is 2.10. The minimum atomic E-state index is -0.408. The summed E-state index contributed by atoms with van der Waals surface area (Å²) < 4.78 is 0. The van der Waals surface area contributed by atoms with Gasteiger partial charge in [-0.05, 0) is 56.2 Å². The standard InChI is InChI=1S/C19H18N6O/c1-11-8-12(2)16(13(3)9-11)22-17-18(26)24-25-19(23-17)21-15-6-4-14(10-20)5-7-15/h4-9H,1-3H3,(H,24,26)(H2,21,22,23,25). The molecule has 130 valence electrons. The summed E-state index contributed by atoms with van der Waals surface area (Å²) in [6.07, 6.45) is 0. The average molecular weight is 346 g/mol. The van der Waals surface area contributed by atoms with Crippen LogP contribution >= 0.6 is 0 Å². The number of nitrogens with one attached hydrogen (secondary N) is 3. The van der Waals surface area contributed by atoms with Gasteiger partial charge in [0.25, 0.3) is 0 Å². The third kappa shape index (κ3) is 3.70. The highest BCUT2D eigenvalue weighted by atomic mass is 16.1. The number of nitrogens with zero attached hydrogens (tertiary/aromatic N) is 3. The van der Waals surface area contributed by atoms with Crippen LogP contribution in [0.1, 0.15) is 22.3 Å². The van der Waals surface area contributed by atoms with Crippen LogP contribution in [-0.4, -0.2) is 15.2 Å². The van der Waals surface area contributed by atoms with Gasteiger partial charge in [-0.25, -0.2) is 5.10 Å². The Hall–Kier alpha value is -3.66. The number of aromatic nitrogens is 3. The van der Waals surface area contributed by atoms with Gasteiger partial charge in [-0.2, -0.15) is 10.2 Å². The minimum Gasteiger partial charge on any atom is -0.335 e. The van der Waals surface area contributed by atoms with Gasteiger partial charge in [0.15, 0.2) is 0 Å². The fourth-order valence-corrected chi connectivity index (χ4v) is 2.73. The Labute approximate surface area is 150 Å². The number of aromatic amines is 1. The quantitative estimate of drug-likeness (QED) is 0.668. The Morgan fingerprint density at radius 2 is 1.69 bits per heavy atom. The third-order valence-electron chi connectivity index (χ3n) is 3.89. The molecule has 0 radical (unpaired) electrons. The first-order valence-corrected chi connectivity index (χ1v) is 8.05. The Morgan fingerprint density at radius 1 is 1.04 bits per heavy atom. The van der Waals surface area contributed by atoms with E-state index in [9.17, 15) is 4.79 Å². The summed E-state index contributed by atoms with van der Waals surface area (Å²) in [5, 5.41) is 21.3. The normalized spacial score (nSPS) is 10.2. The number of nitriles is 1. The Bertz CT molecular complexity index is 1020. The molecule has 0 fully saturated rings. The number of rotatable bonds is 4. The van der Waals surface area contributed by atoms with Crippen molar-refractivity contribution in [2.45, 2.75) is 20.8 Å². The number of H-pyrrole nitrogens is 1. The van der Waals surface area contributed by atoms with Crippen molar-refractivity contribution in [2.24, 2.45) is 0 Å². The second-order valence-electron chi connectivity index (χ2n) is 6.05. The first-order chi connectivity index (χ1) is 12.5. The van der Waals surface area contributed by atoms with E-state index in [4.69, 9.17) is 5.26 Å². The molecular weight excluding hydrogens is 328 g/mol. The maximum Gasteiger partial charge on any atom is 0.307 e. The van der Waals surface area contributed by atoms with Crippen molar-refractivity contribution in [1.82, 2.24) is 15.2 Å². The smallest absolute Gasteiger partial charge is 0.307 e. The zero-order chi connectivity index (χ0) is 18.7. The molecule has 0 unspecified atom stereocenters. The van der Waals surface area contributed by atoms with Gasteiger partial charge in [0, 0.05) is 11.4 Å². The van der Waals surface area contributed by atoms with E-state index in [1.165, 1.54) is 0 Å². The molecule has 3 aromatic rings. The summed E-state index contributed by atoms with van der Waals surface area (Å²) in [4.78, 5) is 16.4. The van der Waals surface area contributed by atoms with E-state index in [1.54, 1.807) is 24.3 Å². The molecule has 3 N–H and O–H groups in total. The molecule has 7 heteroatoms. The molecule has 0 aliphatic rings. The SMILES string of the molecule is Cc1cc(C)c(Nc2nc(Nc3ccc(C#N)cc3)n[nH]c2=O)c(C)c1. The minimum absolute atomic E-state index is 0.159. The summed E-state index contributed by atoms with van der Waals surface area (Å²) >= 11 is 0. The lowest BCUT2D eigenvalue weighted by Gasteiger charge is -2.13. The van der Waals surface area contributed by atoms with Crippen molar-refractivity contribution in [1.29, 1.82) is 5.26 Å². The van der Waals surface area contributed by atoms with E-state index in [2.05, 4.69) is 31.9 Å². The molecule has 0 amide bonds. The van der Waals surface area contributed by atoms with E-state index in [0.29, 0.717) is 11.3 Å². The van der Waals surface area contributed by atoms with Crippen molar-refractivity contribution in [3.05, 3.63) is 69.0 Å².